The first-order chi connectivity index (χ1) is 4.72. The lowest BCUT2D eigenvalue weighted by Crippen LogP contribution is -2.31. The Hall–Kier alpha value is -0.800. The minimum atomic E-state index is -0.326. The number of nitrogens with zero attached hydrogens (tertiary/aromatic N) is 2. The van der Waals surface area contributed by atoms with Crippen molar-refractivity contribution in [3.8, 4) is 0 Å². The van der Waals surface area contributed by atoms with Gasteiger partial charge in [-0.2, -0.15) is 0 Å². The molecule has 0 aliphatic carbocycles. The number of nitro groups is 1. The van der Waals surface area contributed by atoms with Gasteiger partial charge in [0, 0.05) is 0 Å². The molecule has 0 rings (SSSR count). The van der Waals surface area contributed by atoms with Gasteiger partial charge in [-0.25, -0.2) is 10.1 Å². The van der Waals surface area contributed by atoms with Crippen molar-refractivity contribution in [3.63, 3.8) is 0 Å². The van der Waals surface area contributed by atoms with Gasteiger partial charge in [-0.05, 0) is 12.8 Å². The topological polar surface area (TPSA) is 46.4 Å². The summed E-state index contributed by atoms with van der Waals surface area (Å²) in [7, 11) is 0. The van der Waals surface area contributed by atoms with E-state index in [2.05, 4.69) is 0 Å². The minimum Gasteiger partial charge on any atom is -0.235 e. The Morgan fingerprint density at radius 3 is 1.90 bits per heavy atom. The van der Waals surface area contributed by atoms with Crippen LogP contribution in [0.4, 0.5) is 0 Å². The average molecular weight is 146 g/mol. The van der Waals surface area contributed by atoms with E-state index >= 15 is 0 Å². The molecule has 0 amide bonds. The maximum Gasteiger partial charge on any atom is 0.160 e. The molecule has 4 nitrogen and oxygen atoms in total. The largest absolute Gasteiger partial charge is 0.235 e. The van der Waals surface area contributed by atoms with Crippen LogP contribution in [0.5, 0.6) is 0 Å². The van der Waals surface area contributed by atoms with Crippen molar-refractivity contribution in [1.82, 2.24) is 5.01 Å². The van der Waals surface area contributed by atoms with E-state index in [1.807, 2.05) is 13.8 Å². The number of hydrogen-bond donors (Lipinski definition) is 0. The zero-order valence-electron chi connectivity index (χ0n) is 6.54. The second-order valence-electron chi connectivity index (χ2n) is 2.19. The fourth-order valence-electron chi connectivity index (χ4n) is 0.791. The Labute approximate surface area is 60.9 Å². The van der Waals surface area contributed by atoms with Crippen molar-refractivity contribution in [2.45, 2.75) is 26.7 Å². The standard InChI is InChI=1S/C6H14N2O2/c1-3-5-7(6-4-2)8(9)10/h3-6H2,1-2H3. The van der Waals surface area contributed by atoms with Crippen molar-refractivity contribution in [3.05, 3.63) is 10.1 Å². The summed E-state index contributed by atoms with van der Waals surface area (Å²) in [5.74, 6) is 0. The second-order valence-corrected chi connectivity index (χ2v) is 2.19. The van der Waals surface area contributed by atoms with Gasteiger partial charge < -0.3 is 0 Å². The van der Waals surface area contributed by atoms with Gasteiger partial charge in [0.25, 0.3) is 0 Å². The smallest absolute Gasteiger partial charge is 0.160 e. The third-order valence-corrected chi connectivity index (χ3v) is 1.19. The fourth-order valence-corrected chi connectivity index (χ4v) is 0.791. The third-order valence-electron chi connectivity index (χ3n) is 1.19. The van der Waals surface area contributed by atoms with E-state index in [0.717, 1.165) is 12.8 Å². The summed E-state index contributed by atoms with van der Waals surface area (Å²) in [5, 5.41) is 11.1. The maximum absolute atomic E-state index is 10.2. The summed E-state index contributed by atoms with van der Waals surface area (Å²) >= 11 is 0. The highest BCUT2D eigenvalue weighted by atomic mass is 16.7. The van der Waals surface area contributed by atoms with Crippen LogP contribution in [-0.2, 0) is 0 Å². The lowest BCUT2D eigenvalue weighted by Gasteiger charge is -2.10. The minimum absolute atomic E-state index is 0.326. The molecule has 0 aromatic rings. The predicted octanol–water partition coefficient (Wildman–Crippen LogP) is 1.30. The van der Waals surface area contributed by atoms with Gasteiger partial charge >= 0.3 is 0 Å². The lowest BCUT2D eigenvalue weighted by atomic mass is 10.4. The van der Waals surface area contributed by atoms with Gasteiger partial charge in [0.05, 0.1) is 13.1 Å². The first-order valence-corrected chi connectivity index (χ1v) is 3.61. The summed E-state index contributed by atoms with van der Waals surface area (Å²) in [6.07, 6.45) is 1.67. The zero-order chi connectivity index (χ0) is 7.98. The molecule has 60 valence electrons. The van der Waals surface area contributed by atoms with Crippen LogP contribution in [0.2, 0.25) is 0 Å². The summed E-state index contributed by atoms with van der Waals surface area (Å²) in [6, 6.07) is 0. The number of hydrazine groups is 1. The van der Waals surface area contributed by atoms with Crippen molar-refractivity contribution in [2.75, 3.05) is 13.1 Å². The van der Waals surface area contributed by atoms with Gasteiger partial charge in [0.1, 0.15) is 0 Å². The van der Waals surface area contributed by atoms with Gasteiger partial charge in [-0.1, -0.05) is 13.8 Å². The van der Waals surface area contributed by atoms with Gasteiger partial charge in [-0.3, -0.25) is 0 Å². The molecule has 0 atom stereocenters. The summed E-state index contributed by atoms with van der Waals surface area (Å²) in [4.78, 5) is 10.2. The maximum atomic E-state index is 10.2. The normalized spacial score (nSPS) is 9.40. The molecule has 0 heterocycles. The molecular formula is C6H14N2O2. The quantitative estimate of drug-likeness (QED) is 0.434. The van der Waals surface area contributed by atoms with Gasteiger partial charge in [0.15, 0.2) is 5.03 Å². The third kappa shape index (κ3) is 3.27. The Morgan fingerprint density at radius 1 is 1.30 bits per heavy atom. The summed E-state index contributed by atoms with van der Waals surface area (Å²) < 4.78 is 0. The Balaban J connectivity index is 3.61. The molecular weight excluding hydrogens is 132 g/mol. The average Bonchev–Trinajstić information content (AvgIpc) is 1.87. The molecule has 0 unspecified atom stereocenters. The summed E-state index contributed by atoms with van der Waals surface area (Å²) in [5.41, 5.74) is 0. The molecule has 0 saturated heterocycles. The molecule has 0 saturated carbocycles. The SMILES string of the molecule is CCCN(CCC)[N+](=O)[O-]. The highest BCUT2D eigenvalue weighted by molar-refractivity contribution is 4.40. The molecule has 0 aliphatic rings. The molecule has 0 aliphatic heterocycles. The van der Waals surface area contributed by atoms with Crippen LogP contribution in [0.1, 0.15) is 26.7 Å². The van der Waals surface area contributed by atoms with Crippen molar-refractivity contribution >= 4 is 0 Å². The number of rotatable bonds is 5. The summed E-state index contributed by atoms with van der Waals surface area (Å²) in [6.45, 7) is 4.99. The zero-order valence-corrected chi connectivity index (χ0v) is 6.54. The Morgan fingerprint density at radius 2 is 1.70 bits per heavy atom. The highest BCUT2D eigenvalue weighted by Crippen LogP contribution is 1.92. The Bertz CT molecular complexity index is 99.9. The van der Waals surface area contributed by atoms with Crippen molar-refractivity contribution in [2.24, 2.45) is 0 Å². The monoisotopic (exact) mass is 146 g/mol. The first-order valence-electron chi connectivity index (χ1n) is 3.61. The van der Waals surface area contributed by atoms with Crippen molar-refractivity contribution in [1.29, 1.82) is 0 Å². The van der Waals surface area contributed by atoms with Crippen molar-refractivity contribution < 1.29 is 5.03 Å². The van der Waals surface area contributed by atoms with Gasteiger partial charge in [0.2, 0.25) is 0 Å². The molecule has 10 heavy (non-hydrogen) atoms. The van der Waals surface area contributed by atoms with E-state index in [1.165, 1.54) is 5.01 Å². The van der Waals surface area contributed by atoms with Crippen LogP contribution in [-0.4, -0.2) is 23.1 Å². The predicted molar refractivity (Wildman–Crippen MR) is 39.1 cm³/mol. The van der Waals surface area contributed by atoms with Crippen LogP contribution < -0.4 is 0 Å². The van der Waals surface area contributed by atoms with Crippen LogP contribution in [0.3, 0.4) is 0 Å². The molecule has 0 fully saturated rings. The van der Waals surface area contributed by atoms with Crippen LogP contribution >= 0.6 is 0 Å². The number of hydrogen-bond acceptors (Lipinski definition) is 2. The van der Waals surface area contributed by atoms with E-state index in [1.54, 1.807) is 0 Å². The highest BCUT2D eigenvalue weighted by Gasteiger charge is 2.09. The van der Waals surface area contributed by atoms with E-state index < -0.39 is 0 Å². The molecule has 0 spiro atoms. The fraction of sp³-hybridized carbons (Fsp3) is 1.00. The van der Waals surface area contributed by atoms with E-state index in [0.29, 0.717) is 13.1 Å². The van der Waals surface area contributed by atoms with Gasteiger partial charge in [-0.15, -0.1) is 5.01 Å². The molecule has 4 heteroatoms. The van der Waals surface area contributed by atoms with E-state index in [-0.39, 0.29) is 5.03 Å². The molecule has 0 N–H and O–H groups in total. The molecule has 0 bridgehead atoms. The van der Waals surface area contributed by atoms with E-state index in [4.69, 9.17) is 0 Å². The van der Waals surface area contributed by atoms with E-state index in [9.17, 15) is 10.1 Å². The second kappa shape index (κ2) is 5.02. The lowest BCUT2D eigenvalue weighted by molar-refractivity contribution is -0.655. The first kappa shape index (κ1) is 9.20. The van der Waals surface area contributed by atoms with Crippen LogP contribution in [0.15, 0.2) is 0 Å². The Kier molecular flexibility index (Phi) is 4.62. The molecule has 0 aromatic heterocycles. The molecule has 0 aromatic carbocycles. The van der Waals surface area contributed by atoms with Crippen LogP contribution in [0.25, 0.3) is 0 Å². The molecule has 0 radical (unpaired) electrons. The van der Waals surface area contributed by atoms with Crippen LogP contribution in [0, 0.1) is 10.1 Å².